The number of rotatable bonds is 6. The van der Waals surface area contributed by atoms with Crippen LogP contribution in [0, 0.1) is 0 Å². The molecule has 2 N–H and O–H groups in total. The molecule has 0 aromatic heterocycles. The zero-order valence-corrected chi connectivity index (χ0v) is 57.2. The normalized spacial score (nSPS) is 11.4. The highest BCUT2D eigenvalue weighted by atomic mass is 79.9. The van der Waals surface area contributed by atoms with E-state index in [1.54, 1.807) is 6.07 Å². The third-order valence-electron chi connectivity index (χ3n) is 20.3. The molecule has 4 radical (unpaired) electrons. The summed E-state index contributed by atoms with van der Waals surface area (Å²) in [7, 11) is 6.55. The zero-order valence-electron chi connectivity index (χ0n) is 55.6. The molecule has 0 aliphatic rings. The summed E-state index contributed by atoms with van der Waals surface area (Å²) in [5.41, 5.74) is 12.9. The summed E-state index contributed by atoms with van der Waals surface area (Å²) in [5.74, 6) is 0. The molecule has 0 unspecified atom stereocenters. The van der Waals surface area contributed by atoms with Gasteiger partial charge in [0.25, 0.3) is 0 Å². The van der Waals surface area contributed by atoms with Crippen molar-refractivity contribution in [3.05, 3.63) is 368 Å². The quantitative estimate of drug-likeness (QED) is 0.129. The van der Waals surface area contributed by atoms with Gasteiger partial charge in [-0.1, -0.05) is 307 Å². The number of fused-ring (bicyclic) bond motifs is 16. The van der Waals surface area contributed by atoms with Crippen molar-refractivity contribution in [3.8, 4) is 55.6 Å². The Labute approximate surface area is 603 Å². The van der Waals surface area contributed by atoms with E-state index in [0.29, 0.717) is 5.46 Å². The van der Waals surface area contributed by atoms with Gasteiger partial charge in [0.05, 0.1) is 0 Å². The van der Waals surface area contributed by atoms with Gasteiger partial charge in [0.15, 0.2) is 0 Å². The SMILES string of the molecule is Brc1ccc2cc(-c3cc4ccccc4c4ccccc34)ccc2c1.OB(O)c1ccc2cc(-c3cc4ccccc4c4ccccc34)ccc2c1.[B][B].c1ccc2c(c1)cc(-c1ccc3cc(-c4ccc5cc(-c6cc7ccccc7c7ccccc67)ccc5c4)ccc3c1)c1ccccc12. The van der Waals surface area contributed by atoms with Gasteiger partial charge in [0.1, 0.15) is 0 Å². The van der Waals surface area contributed by atoms with Gasteiger partial charge in [-0.2, -0.15) is 0 Å². The van der Waals surface area contributed by atoms with Gasteiger partial charge in [0, 0.05) is 19.9 Å². The zero-order chi connectivity index (χ0) is 68.8. The van der Waals surface area contributed by atoms with Gasteiger partial charge in [-0.15, -0.1) is 0 Å². The molecule has 0 saturated carbocycles. The van der Waals surface area contributed by atoms with Gasteiger partial charge in [-0.3, -0.25) is 0 Å². The Kier molecular flexibility index (Phi) is 17.0. The Morgan fingerprint density at radius 1 is 0.186 bits per heavy atom. The first-order valence-corrected chi connectivity index (χ1v) is 35.2. The van der Waals surface area contributed by atoms with Crippen LogP contribution in [0.25, 0.3) is 185 Å². The maximum absolute atomic E-state index is 9.39. The molecule has 102 heavy (non-hydrogen) atoms. The molecule has 2 nitrogen and oxygen atoms in total. The molecule has 20 aromatic carbocycles. The average Bonchev–Trinajstić information content (AvgIpc) is 0.776. The van der Waals surface area contributed by atoms with Crippen LogP contribution in [0.1, 0.15) is 0 Å². The van der Waals surface area contributed by atoms with E-state index in [1.807, 2.05) is 18.2 Å². The first kappa shape index (κ1) is 63.6. The van der Waals surface area contributed by atoms with E-state index in [-0.39, 0.29) is 0 Å². The summed E-state index contributed by atoms with van der Waals surface area (Å²) >= 11 is 3.56. The highest BCUT2D eigenvalue weighted by Crippen LogP contribution is 2.42. The van der Waals surface area contributed by atoms with Crippen molar-refractivity contribution < 1.29 is 10.0 Å². The summed E-state index contributed by atoms with van der Waals surface area (Å²) < 4.78 is 1.11. The van der Waals surface area contributed by atoms with Gasteiger partial charge >= 0.3 is 7.12 Å². The number of benzene rings is 20. The van der Waals surface area contributed by atoms with E-state index < -0.39 is 7.12 Å². The second-order valence-electron chi connectivity index (χ2n) is 26.2. The van der Waals surface area contributed by atoms with Crippen molar-refractivity contribution in [1.29, 1.82) is 0 Å². The maximum atomic E-state index is 9.39. The third-order valence-corrected chi connectivity index (χ3v) is 20.8. The largest absolute Gasteiger partial charge is 0.488 e. The summed E-state index contributed by atoms with van der Waals surface area (Å²) in [6.45, 7) is 0. The van der Waals surface area contributed by atoms with Crippen LogP contribution in [0.3, 0.4) is 0 Å². The lowest BCUT2D eigenvalue weighted by molar-refractivity contribution is 0.426. The smallest absolute Gasteiger partial charge is 0.423 e. The van der Waals surface area contributed by atoms with Crippen LogP contribution in [0.4, 0.5) is 0 Å². The van der Waals surface area contributed by atoms with Gasteiger partial charge in [-0.05, 0) is 263 Å². The van der Waals surface area contributed by atoms with Crippen LogP contribution < -0.4 is 5.46 Å². The predicted octanol–water partition coefficient (Wildman–Crippen LogP) is 24.9. The standard InChI is InChI=1S/C48H30.C24H17BO2.C24H15Br.B2/c1-3-11-41-37(9-1)29-47(45-15-7-5-13-43(41)45)39-23-21-33-25-31(17-19-35(33)27-39)32-18-20-36-28-40(24-22-34(36)26-32)48-30-38-10-2-4-12-42(38)44-14-6-8-16-46(44)48;26-25(27)20-12-11-16-13-19(10-9-17(16)14-20)24-15-18-5-1-2-6-21(18)22-7-3-4-8-23(22)24;25-20-12-11-16-13-19(10-9-17(16)14-20)24-15-18-5-1-2-6-21(18)22-7-3-4-8-23(22)24;1-2/h1-30H;1-15,26-27H;1-15H;. The number of hydrogen-bond acceptors (Lipinski definition) is 2. The van der Waals surface area contributed by atoms with Crippen LogP contribution in [0.15, 0.2) is 368 Å². The second-order valence-corrected chi connectivity index (χ2v) is 27.1. The molecule has 0 aliphatic carbocycles. The van der Waals surface area contributed by atoms with Crippen LogP contribution in [0.5, 0.6) is 0 Å². The van der Waals surface area contributed by atoms with E-state index in [9.17, 15) is 10.0 Å². The lowest BCUT2D eigenvalue weighted by atomic mass is 9.79. The molecular formula is C96H62B3BrO2. The second kappa shape index (κ2) is 27.3. The fraction of sp³-hybridized carbons (Fsp3) is 0. The topological polar surface area (TPSA) is 40.5 Å². The molecule has 0 heterocycles. The van der Waals surface area contributed by atoms with Crippen molar-refractivity contribution >= 4 is 173 Å². The maximum Gasteiger partial charge on any atom is 0.488 e. The van der Waals surface area contributed by atoms with E-state index in [4.69, 9.17) is 0 Å². The molecule has 474 valence electrons. The minimum absolute atomic E-state index is 0.506. The van der Waals surface area contributed by atoms with Crippen molar-refractivity contribution in [2.75, 3.05) is 0 Å². The first-order chi connectivity index (χ1) is 50.3. The highest BCUT2D eigenvalue weighted by molar-refractivity contribution is 9.10. The highest BCUT2D eigenvalue weighted by Gasteiger charge is 2.16. The summed E-state index contributed by atoms with van der Waals surface area (Å²) in [4.78, 5) is 0. The molecule has 0 bridgehead atoms. The monoisotopic (exact) mass is 1360 g/mol. The van der Waals surface area contributed by atoms with Crippen molar-refractivity contribution in [3.63, 3.8) is 0 Å². The Morgan fingerprint density at radius 3 is 0.696 bits per heavy atom. The Balaban J connectivity index is 0.000000122. The summed E-state index contributed by atoms with van der Waals surface area (Å²) in [6, 6.07) is 131. The van der Waals surface area contributed by atoms with Gasteiger partial charge in [-0.25, -0.2) is 0 Å². The molecular weight excluding hydrogens is 1300 g/mol. The van der Waals surface area contributed by atoms with Crippen molar-refractivity contribution in [2.24, 2.45) is 0 Å². The lowest BCUT2D eigenvalue weighted by Crippen LogP contribution is -2.29. The number of hydrogen-bond donors (Lipinski definition) is 2. The van der Waals surface area contributed by atoms with Crippen LogP contribution in [-0.2, 0) is 0 Å². The van der Waals surface area contributed by atoms with Crippen molar-refractivity contribution in [1.82, 2.24) is 0 Å². The lowest BCUT2D eigenvalue weighted by Gasteiger charge is -2.13. The van der Waals surface area contributed by atoms with E-state index >= 15 is 0 Å². The average molecular weight is 1360 g/mol. The third kappa shape index (κ3) is 12.0. The predicted molar refractivity (Wildman–Crippen MR) is 446 cm³/mol. The fourth-order valence-electron chi connectivity index (χ4n) is 15.3. The first-order valence-electron chi connectivity index (χ1n) is 34.4. The van der Waals surface area contributed by atoms with Gasteiger partial charge in [0.2, 0.25) is 0 Å². The van der Waals surface area contributed by atoms with E-state index in [2.05, 4.69) is 371 Å². The molecule has 20 rings (SSSR count). The molecule has 0 fully saturated rings. The fourth-order valence-corrected chi connectivity index (χ4v) is 15.7. The Bertz CT molecular complexity index is 6480. The van der Waals surface area contributed by atoms with Crippen LogP contribution >= 0.6 is 15.9 Å². The molecule has 0 aliphatic heterocycles. The molecule has 6 heteroatoms. The van der Waals surface area contributed by atoms with E-state index in [1.165, 1.54) is 169 Å². The van der Waals surface area contributed by atoms with Crippen molar-refractivity contribution in [2.45, 2.75) is 0 Å². The Morgan fingerprint density at radius 2 is 0.402 bits per heavy atom. The summed E-state index contributed by atoms with van der Waals surface area (Å²) in [5, 5.41) is 48.9. The van der Waals surface area contributed by atoms with Gasteiger partial charge < -0.3 is 10.0 Å². The molecule has 0 atom stereocenters. The number of halogens is 1. The molecule has 0 spiro atoms. The molecule has 0 saturated heterocycles. The van der Waals surface area contributed by atoms with Crippen LogP contribution in [-0.4, -0.2) is 32.6 Å². The molecule has 20 aromatic rings. The van der Waals surface area contributed by atoms with E-state index in [0.717, 1.165) is 20.8 Å². The van der Waals surface area contributed by atoms with Crippen LogP contribution in [0.2, 0.25) is 0 Å². The minimum Gasteiger partial charge on any atom is -0.423 e. The minimum atomic E-state index is -1.45. The Hall–Kier alpha value is -11.9. The molecule has 0 amide bonds. The summed E-state index contributed by atoms with van der Waals surface area (Å²) in [6.07, 6.45) is 0.